The maximum atomic E-state index is 2.33. The molecule has 0 aliphatic carbocycles. The summed E-state index contributed by atoms with van der Waals surface area (Å²) in [5, 5.41) is 2.83. The van der Waals surface area contributed by atoms with Gasteiger partial charge in [-0.25, -0.2) is 0 Å². The fraction of sp³-hybridized carbons (Fsp3) is 0.0909. The molecule has 2 rings (SSSR count). The molecule has 0 saturated carbocycles. The molecule has 60 valence electrons. The average Bonchev–Trinajstić information content (AvgIpc) is 2.17. The van der Waals surface area contributed by atoms with Crippen LogP contribution in [0.15, 0.2) is 42.5 Å². The van der Waals surface area contributed by atoms with Crippen molar-refractivity contribution in [3.8, 4) is 0 Å². The third-order valence-electron chi connectivity index (χ3n) is 1.97. The first-order valence-corrected chi connectivity index (χ1v) is 7.43. The number of benzene rings is 2. The summed E-state index contributed by atoms with van der Waals surface area (Å²) in [5.74, 6) is 0. The minimum atomic E-state index is 0.0426. The fourth-order valence-electron chi connectivity index (χ4n) is 1.37. The SMILES string of the molecule is C[Te]c1cccc2ccccc12. The van der Waals surface area contributed by atoms with Gasteiger partial charge in [0, 0.05) is 0 Å². The van der Waals surface area contributed by atoms with E-state index in [-0.39, 0.29) is 20.9 Å². The quantitative estimate of drug-likeness (QED) is 0.697. The molecule has 0 unspecified atom stereocenters. The Bertz CT molecular complexity index is 388. The molecule has 1 heteroatoms. The minimum absolute atomic E-state index is 0.0426. The fourth-order valence-corrected chi connectivity index (χ4v) is 3.14. The van der Waals surface area contributed by atoms with E-state index >= 15 is 0 Å². The zero-order valence-electron chi connectivity index (χ0n) is 6.95. The van der Waals surface area contributed by atoms with E-state index in [1.807, 2.05) is 0 Å². The molecule has 0 radical (unpaired) electrons. The number of fused-ring (bicyclic) bond motifs is 1. The maximum absolute atomic E-state index is 2.33. The molecule has 0 nitrogen and oxygen atoms in total. The van der Waals surface area contributed by atoms with E-state index in [1.165, 1.54) is 10.8 Å². The third kappa shape index (κ3) is 1.35. The molecule has 0 aliphatic heterocycles. The average molecular weight is 270 g/mol. The Kier molecular flexibility index (Phi) is 2.35. The normalized spacial score (nSPS) is 10.4. The second kappa shape index (κ2) is 3.47. The Balaban J connectivity index is 2.79. The Morgan fingerprint density at radius 3 is 2.50 bits per heavy atom. The van der Waals surface area contributed by atoms with Crippen LogP contribution < -0.4 is 3.61 Å². The van der Waals surface area contributed by atoms with Gasteiger partial charge in [0.05, 0.1) is 0 Å². The summed E-state index contributed by atoms with van der Waals surface area (Å²) in [6, 6.07) is 15.2. The Morgan fingerprint density at radius 2 is 1.67 bits per heavy atom. The van der Waals surface area contributed by atoms with E-state index in [2.05, 4.69) is 47.4 Å². The van der Waals surface area contributed by atoms with E-state index in [9.17, 15) is 0 Å². The topological polar surface area (TPSA) is 0 Å². The summed E-state index contributed by atoms with van der Waals surface area (Å²) < 4.78 is 1.57. The van der Waals surface area contributed by atoms with Gasteiger partial charge in [-0.3, -0.25) is 0 Å². The number of hydrogen-bond donors (Lipinski definition) is 0. The van der Waals surface area contributed by atoms with E-state index in [4.69, 9.17) is 0 Å². The van der Waals surface area contributed by atoms with Gasteiger partial charge in [0.15, 0.2) is 0 Å². The molecule has 0 aromatic heterocycles. The zero-order chi connectivity index (χ0) is 8.39. The van der Waals surface area contributed by atoms with Gasteiger partial charge >= 0.3 is 82.7 Å². The summed E-state index contributed by atoms with van der Waals surface area (Å²) >= 11 is 0.0426. The monoisotopic (exact) mass is 272 g/mol. The van der Waals surface area contributed by atoms with Gasteiger partial charge in [-0.15, -0.1) is 0 Å². The van der Waals surface area contributed by atoms with Gasteiger partial charge in [-0.05, 0) is 0 Å². The Labute approximate surface area is 82.7 Å². The summed E-state index contributed by atoms with van der Waals surface area (Å²) in [6.45, 7) is 0. The van der Waals surface area contributed by atoms with Crippen molar-refractivity contribution in [2.45, 2.75) is 4.97 Å². The van der Waals surface area contributed by atoms with Crippen LogP contribution in [0.5, 0.6) is 0 Å². The summed E-state index contributed by atoms with van der Waals surface area (Å²) in [4.78, 5) is 2.33. The van der Waals surface area contributed by atoms with E-state index in [0.29, 0.717) is 0 Å². The van der Waals surface area contributed by atoms with Crippen molar-refractivity contribution < 1.29 is 0 Å². The van der Waals surface area contributed by atoms with Crippen LogP contribution in [0.4, 0.5) is 0 Å². The first-order valence-electron chi connectivity index (χ1n) is 3.93. The predicted molar refractivity (Wildman–Crippen MR) is 55.2 cm³/mol. The molecule has 0 atom stereocenters. The molecule has 0 bridgehead atoms. The molecule has 0 amide bonds. The molecular weight excluding hydrogens is 260 g/mol. The Morgan fingerprint density at radius 1 is 0.917 bits per heavy atom. The van der Waals surface area contributed by atoms with Gasteiger partial charge in [0.1, 0.15) is 0 Å². The van der Waals surface area contributed by atoms with Crippen molar-refractivity contribution in [2.24, 2.45) is 0 Å². The van der Waals surface area contributed by atoms with Crippen molar-refractivity contribution in [2.75, 3.05) is 0 Å². The number of hydrogen-bond acceptors (Lipinski definition) is 0. The molecule has 2 aromatic rings. The molecule has 0 heterocycles. The summed E-state index contributed by atoms with van der Waals surface area (Å²) in [6.07, 6.45) is 0. The van der Waals surface area contributed by atoms with Crippen LogP contribution in [0, 0.1) is 0 Å². The number of rotatable bonds is 1. The van der Waals surface area contributed by atoms with E-state index in [1.54, 1.807) is 3.61 Å². The molecule has 0 spiro atoms. The molecular formula is C11H10Te. The molecule has 2 aromatic carbocycles. The molecule has 0 fully saturated rings. The summed E-state index contributed by atoms with van der Waals surface area (Å²) in [7, 11) is 0. The first-order chi connectivity index (χ1) is 5.92. The molecule has 0 aliphatic rings. The third-order valence-corrected chi connectivity index (χ3v) is 4.24. The van der Waals surface area contributed by atoms with Crippen molar-refractivity contribution in [3.63, 3.8) is 0 Å². The van der Waals surface area contributed by atoms with Gasteiger partial charge in [-0.2, -0.15) is 0 Å². The van der Waals surface area contributed by atoms with E-state index in [0.717, 1.165) is 0 Å². The predicted octanol–water partition coefficient (Wildman–Crippen LogP) is 2.22. The van der Waals surface area contributed by atoms with Gasteiger partial charge in [0.2, 0.25) is 0 Å². The van der Waals surface area contributed by atoms with Crippen molar-refractivity contribution in [1.29, 1.82) is 0 Å². The van der Waals surface area contributed by atoms with Gasteiger partial charge in [0.25, 0.3) is 0 Å². The van der Waals surface area contributed by atoms with Gasteiger partial charge in [-0.1, -0.05) is 0 Å². The van der Waals surface area contributed by atoms with Gasteiger partial charge < -0.3 is 0 Å². The van der Waals surface area contributed by atoms with Crippen molar-refractivity contribution >= 4 is 35.3 Å². The zero-order valence-corrected chi connectivity index (χ0v) is 9.28. The van der Waals surface area contributed by atoms with Crippen LogP contribution in [-0.4, -0.2) is 20.9 Å². The van der Waals surface area contributed by atoms with Crippen LogP contribution >= 0.6 is 0 Å². The van der Waals surface area contributed by atoms with E-state index < -0.39 is 0 Å². The second-order valence-electron chi connectivity index (χ2n) is 2.68. The summed E-state index contributed by atoms with van der Waals surface area (Å²) in [5.41, 5.74) is 0. The van der Waals surface area contributed by atoms with Crippen molar-refractivity contribution in [3.05, 3.63) is 42.5 Å². The second-order valence-corrected chi connectivity index (χ2v) is 5.10. The van der Waals surface area contributed by atoms with Crippen LogP contribution in [0.2, 0.25) is 4.97 Å². The molecule has 12 heavy (non-hydrogen) atoms. The van der Waals surface area contributed by atoms with Crippen LogP contribution in [0.1, 0.15) is 0 Å². The Hall–Kier alpha value is -0.510. The first kappa shape index (κ1) is 8.10. The molecule has 0 N–H and O–H groups in total. The van der Waals surface area contributed by atoms with Crippen LogP contribution in [0.25, 0.3) is 10.8 Å². The van der Waals surface area contributed by atoms with Crippen LogP contribution in [0.3, 0.4) is 0 Å². The molecule has 0 saturated heterocycles. The van der Waals surface area contributed by atoms with Crippen LogP contribution in [-0.2, 0) is 0 Å². The standard InChI is InChI=1S/C11H10Te/c1-12-11-8-4-6-9-5-2-3-7-10(9)11/h2-8H,1H3. The van der Waals surface area contributed by atoms with Crippen molar-refractivity contribution in [1.82, 2.24) is 0 Å².